The maximum absolute atomic E-state index is 11.4. The summed E-state index contributed by atoms with van der Waals surface area (Å²) < 4.78 is 10.9. The van der Waals surface area contributed by atoms with Gasteiger partial charge in [0.1, 0.15) is 22.8 Å². The number of hydrogen-bond acceptors (Lipinski definition) is 5. The summed E-state index contributed by atoms with van der Waals surface area (Å²) in [5.74, 6) is 1.30. The molecule has 27 heavy (non-hydrogen) atoms. The molecule has 0 saturated carbocycles. The molecule has 6 heteroatoms. The van der Waals surface area contributed by atoms with Gasteiger partial charge in [-0.3, -0.25) is 9.78 Å². The number of rotatable bonds is 8. The van der Waals surface area contributed by atoms with Crippen LogP contribution in [0.4, 0.5) is 0 Å². The zero-order valence-corrected chi connectivity index (χ0v) is 15.0. The Kier molecular flexibility index (Phi) is 6.02. The third-order valence-corrected chi connectivity index (χ3v) is 4.01. The number of amides is 1. The van der Waals surface area contributed by atoms with Crippen LogP contribution in [0.15, 0.2) is 67.0 Å². The van der Waals surface area contributed by atoms with E-state index >= 15 is 0 Å². The summed E-state index contributed by atoms with van der Waals surface area (Å²) >= 11 is 0. The Morgan fingerprint density at radius 3 is 2.11 bits per heavy atom. The fourth-order valence-electron chi connectivity index (χ4n) is 2.55. The van der Waals surface area contributed by atoms with Crippen LogP contribution in [0.1, 0.15) is 21.5 Å². The number of carbonyl (C=O) groups is 1. The van der Waals surface area contributed by atoms with Crippen LogP contribution in [-0.2, 0) is 13.1 Å². The van der Waals surface area contributed by atoms with Gasteiger partial charge in [0.25, 0.3) is 5.91 Å². The molecule has 1 heterocycles. The van der Waals surface area contributed by atoms with Crippen LogP contribution >= 0.6 is 0 Å². The summed E-state index contributed by atoms with van der Waals surface area (Å²) in [5, 5.41) is 3.40. The van der Waals surface area contributed by atoms with Crippen molar-refractivity contribution in [2.45, 2.75) is 13.1 Å². The number of benzene rings is 2. The second-order valence-electron chi connectivity index (χ2n) is 5.93. The van der Waals surface area contributed by atoms with E-state index in [4.69, 9.17) is 15.2 Å². The number of pyridine rings is 1. The molecule has 3 aromatic rings. The molecule has 0 fully saturated rings. The molecule has 3 rings (SSSR count). The second-order valence-corrected chi connectivity index (χ2v) is 5.93. The minimum Gasteiger partial charge on any atom is -0.497 e. The molecule has 2 aromatic carbocycles. The van der Waals surface area contributed by atoms with E-state index in [0.29, 0.717) is 11.5 Å². The lowest BCUT2D eigenvalue weighted by molar-refractivity contribution is 0.0997. The molecule has 0 unspecified atom stereocenters. The van der Waals surface area contributed by atoms with Crippen molar-refractivity contribution in [1.29, 1.82) is 0 Å². The molecule has 6 nitrogen and oxygen atoms in total. The maximum atomic E-state index is 11.4. The quantitative estimate of drug-likeness (QED) is 0.641. The van der Waals surface area contributed by atoms with Crippen molar-refractivity contribution >= 4 is 5.91 Å². The highest BCUT2D eigenvalue weighted by molar-refractivity contribution is 5.95. The van der Waals surface area contributed by atoms with Crippen molar-refractivity contribution < 1.29 is 14.3 Å². The van der Waals surface area contributed by atoms with Gasteiger partial charge in [0, 0.05) is 25.5 Å². The normalized spacial score (nSPS) is 10.4. The Bertz CT molecular complexity index is 893. The van der Waals surface area contributed by atoms with Crippen LogP contribution in [-0.4, -0.2) is 18.0 Å². The van der Waals surface area contributed by atoms with Gasteiger partial charge in [-0.25, -0.2) is 0 Å². The molecule has 0 spiro atoms. The maximum Gasteiger partial charge on any atom is 0.254 e. The largest absolute Gasteiger partial charge is 0.497 e. The summed E-state index contributed by atoms with van der Waals surface area (Å²) in [6.07, 6.45) is 2.95. The zero-order valence-electron chi connectivity index (χ0n) is 15.0. The number of nitrogens with one attached hydrogen (secondary N) is 1. The number of ether oxygens (including phenoxy) is 2. The van der Waals surface area contributed by atoms with Crippen LogP contribution in [0.3, 0.4) is 0 Å². The van der Waals surface area contributed by atoms with Crippen molar-refractivity contribution in [3.05, 3.63) is 83.7 Å². The number of nitrogens with two attached hydrogens (primary N) is 1. The van der Waals surface area contributed by atoms with Crippen molar-refractivity contribution in [2.75, 3.05) is 7.11 Å². The zero-order chi connectivity index (χ0) is 19.1. The Hall–Kier alpha value is -3.38. The molecular weight excluding hydrogens is 342 g/mol. The van der Waals surface area contributed by atoms with Crippen molar-refractivity contribution in [3.63, 3.8) is 0 Å². The molecule has 3 N–H and O–H groups in total. The van der Waals surface area contributed by atoms with Crippen molar-refractivity contribution in [3.8, 4) is 17.2 Å². The van der Waals surface area contributed by atoms with E-state index in [1.807, 2.05) is 48.5 Å². The van der Waals surface area contributed by atoms with Gasteiger partial charge in [-0.1, -0.05) is 24.3 Å². The van der Waals surface area contributed by atoms with E-state index in [-0.39, 0.29) is 5.56 Å². The third kappa shape index (κ3) is 5.05. The van der Waals surface area contributed by atoms with Gasteiger partial charge in [0.15, 0.2) is 0 Å². The van der Waals surface area contributed by atoms with Crippen LogP contribution in [0, 0.1) is 0 Å². The first-order valence-electron chi connectivity index (χ1n) is 8.50. The number of hydrogen-bond donors (Lipinski definition) is 2. The summed E-state index contributed by atoms with van der Waals surface area (Å²) in [7, 11) is 1.66. The fraction of sp³-hybridized carbons (Fsp3) is 0.143. The van der Waals surface area contributed by atoms with E-state index < -0.39 is 5.91 Å². The Morgan fingerprint density at radius 1 is 0.963 bits per heavy atom. The summed E-state index contributed by atoms with van der Waals surface area (Å²) in [6, 6.07) is 17.2. The third-order valence-electron chi connectivity index (χ3n) is 4.01. The first-order valence-corrected chi connectivity index (χ1v) is 8.50. The van der Waals surface area contributed by atoms with E-state index in [0.717, 1.165) is 24.4 Å². The van der Waals surface area contributed by atoms with E-state index in [1.54, 1.807) is 19.4 Å². The molecule has 0 bridgehead atoms. The molecule has 138 valence electrons. The highest BCUT2D eigenvalue weighted by atomic mass is 16.5. The van der Waals surface area contributed by atoms with Crippen LogP contribution in [0.5, 0.6) is 17.2 Å². The number of methoxy groups -OCH3 is 1. The van der Waals surface area contributed by atoms with Crippen LogP contribution in [0.2, 0.25) is 0 Å². The second kappa shape index (κ2) is 8.82. The predicted octanol–water partition coefficient (Wildman–Crippen LogP) is 3.27. The Labute approximate surface area is 158 Å². The molecule has 1 amide bonds. The van der Waals surface area contributed by atoms with Crippen LogP contribution in [0.25, 0.3) is 0 Å². The van der Waals surface area contributed by atoms with Gasteiger partial charge in [0.2, 0.25) is 0 Å². The van der Waals surface area contributed by atoms with Crippen LogP contribution < -0.4 is 20.5 Å². The average Bonchev–Trinajstić information content (AvgIpc) is 2.70. The lowest BCUT2D eigenvalue weighted by atomic mass is 10.2. The van der Waals surface area contributed by atoms with E-state index in [1.165, 1.54) is 11.8 Å². The Balaban J connectivity index is 1.55. The fourth-order valence-corrected chi connectivity index (χ4v) is 2.55. The lowest BCUT2D eigenvalue weighted by Gasteiger charge is -2.10. The molecular formula is C21H21N3O3. The van der Waals surface area contributed by atoms with Gasteiger partial charge in [-0.05, 0) is 41.5 Å². The molecule has 0 radical (unpaired) electrons. The molecule has 0 aliphatic heterocycles. The van der Waals surface area contributed by atoms with E-state index in [9.17, 15) is 4.79 Å². The molecule has 0 atom stereocenters. The average molecular weight is 363 g/mol. The molecule has 0 aliphatic rings. The first kappa shape index (κ1) is 18.4. The lowest BCUT2D eigenvalue weighted by Crippen LogP contribution is -2.13. The molecule has 0 aliphatic carbocycles. The Morgan fingerprint density at radius 2 is 1.56 bits per heavy atom. The van der Waals surface area contributed by atoms with Gasteiger partial charge >= 0.3 is 0 Å². The summed E-state index contributed by atoms with van der Waals surface area (Å²) in [4.78, 5) is 15.3. The number of nitrogens with zero attached hydrogens (tertiary/aromatic N) is 1. The summed E-state index contributed by atoms with van der Waals surface area (Å²) in [5.41, 5.74) is 7.90. The molecule has 1 aromatic heterocycles. The smallest absolute Gasteiger partial charge is 0.254 e. The highest BCUT2D eigenvalue weighted by Crippen LogP contribution is 2.24. The number of aromatic nitrogens is 1. The topological polar surface area (TPSA) is 86.5 Å². The minimum atomic E-state index is -0.572. The summed E-state index contributed by atoms with van der Waals surface area (Å²) in [6.45, 7) is 1.50. The number of primary amides is 1. The standard InChI is InChI=1S/C21H21N3O3/c1-26-17-6-2-15(3-7-17)12-24-13-16-4-8-18(9-5-16)27-20-10-11-23-14-19(20)21(22)25/h2-11,14,24H,12-13H2,1H3,(H2,22,25). The van der Waals surface area contributed by atoms with Crippen molar-refractivity contribution in [2.24, 2.45) is 5.73 Å². The van der Waals surface area contributed by atoms with Gasteiger partial charge in [-0.2, -0.15) is 0 Å². The highest BCUT2D eigenvalue weighted by Gasteiger charge is 2.10. The van der Waals surface area contributed by atoms with Crippen molar-refractivity contribution in [1.82, 2.24) is 10.3 Å². The predicted molar refractivity (Wildman–Crippen MR) is 103 cm³/mol. The van der Waals surface area contributed by atoms with Gasteiger partial charge in [0.05, 0.1) is 7.11 Å². The molecule has 0 saturated heterocycles. The SMILES string of the molecule is COc1ccc(CNCc2ccc(Oc3ccncc3C(N)=O)cc2)cc1. The van der Waals surface area contributed by atoms with Gasteiger partial charge < -0.3 is 20.5 Å². The minimum absolute atomic E-state index is 0.253. The van der Waals surface area contributed by atoms with Gasteiger partial charge in [-0.15, -0.1) is 0 Å². The van der Waals surface area contributed by atoms with E-state index in [2.05, 4.69) is 10.3 Å². The monoisotopic (exact) mass is 363 g/mol. The first-order chi connectivity index (χ1) is 13.2. The number of carbonyl (C=O) groups excluding carboxylic acids is 1.